The van der Waals surface area contributed by atoms with Gasteiger partial charge in [-0.05, 0) is 20.0 Å². The van der Waals surface area contributed by atoms with Crippen molar-refractivity contribution < 1.29 is 17.9 Å². The number of nitrogens with zero attached hydrogens (tertiary/aromatic N) is 2. The smallest absolute Gasteiger partial charge is 0.234 e. The first-order chi connectivity index (χ1) is 10.7. The van der Waals surface area contributed by atoms with Crippen molar-refractivity contribution in [2.24, 2.45) is 7.05 Å². The van der Waals surface area contributed by atoms with Crippen LogP contribution in [-0.4, -0.2) is 56.6 Å². The van der Waals surface area contributed by atoms with Gasteiger partial charge in [0.2, 0.25) is 11.8 Å². The van der Waals surface area contributed by atoms with Gasteiger partial charge in [-0.3, -0.25) is 4.79 Å². The molecule has 0 bridgehead atoms. The van der Waals surface area contributed by atoms with Gasteiger partial charge in [0.25, 0.3) is 0 Å². The fraction of sp³-hybridized carbons (Fsp3) is 0.571. The van der Waals surface area contributed by atoms with Crippen LogP contribution in [0.15, 0.2) is 4.91 Å². The second-order valence-corrected chi connectivity index (χ2v) is 7.69. The topological polar surface area (TPSA) is 102 Å². The van der Waals surface area contributed by atoms with Gasteiger partial charge in [0.15, 0.2) is 9.84 Å². The summed E-state index contributed by atoms with van der Waals surface area (Å²) in [5.74, 6) is 0.284. The molecule has 2 heterocycles. The highest BCUT2D eigenvalue weighted by Crippen LogP contribution is 2.29. The summed E-state index contributed by atoms with van der Waals surface area (Å²) in [6.45, 7) is 2.13. The highest BCUT2D eigenvalue weighted by atomic mass is 32.2. The van der Waals surface area contributed by atoms with Crippen LogP contribution in [-0.2, 0) is 21.7 Å². The number of aromatic nitrogens is 2. The zero-order valence-corrected chi connectivity index (χ0v) is 14.5. The number of carbonyl (C=O) groups excluding carboxylic acids is 1. The zero-order chi connectivity index (χ0) is 17.2. The summed E-state index contributed by atoms with van der Waals surface area (Å²) < 4.78 is 31.5. The Morgan fingerprint density at radius 1 is 1.52 bits per heavy atom. The van der Waals surface area contributed by atoms with Crippen molar-refractivity contribution in [1.29, 1.82) is 0 Å². The second kappa shape index (κ2) is 6.71. The summed E-state index contributed by atoms with van der Waals surface area (Å²) in [6.07, 6.45) is 2.94. The van der Waals surface area contributed by atoms with Crippen LogP contribution < -0.4 is 15.4 Å². The molecule has 0 saturated carbocycles. The SMILES string of the molecule is CNCC(=O)NC1COc2c(c(C)nn2C)/C=C(/S(C)(=O)=O)C1. The van der Waals surface area contributed by atoms with Crippen LogP contribution in [0.5, 0.6) is 5.88 Å². The van der Waals surface area contributed by atoms with E-state index in [1.165, 1.54) is 6.26 Å². The summed E-state index contributed by atoms with van der Waals surface area (Å²) in [5, 5.41) is 9.80. The lowest BCUT2D eigenvalue weighted by atomic mass is 10.1. The average molecular weight is 342 g/mol. The Morgan fingerprint density at radius 3 is 2.83 bits per heavy atom. The van der Waals surface area contributed by atoms with Crippen molar-refractivity contribution in [3.05, 3.63) is 16.2 Å². The van der Waals surface area contributed by atoms with E-state index in [1.54, 1.807) is 31.8 Å². The monoisotopic (exact) mass is 342 g/mol. The van der Waals surface area contributed by atoms with Crippen LogP contribution in [0.25, 0.3) is 6.08 Å². The van der Waals surface area contributed by atoms with Crippen molar-refractivity contribution in [3.63, 3.8) is 0 Å². The first kappa shape index (κ1) is 17.5. The van der Waals surface area contributed by atoms with Crippen LogP contribution in [0.2, 0.25) is 0 Å². The Labute approximate surface area is 135 Å². The molecular formula is C14H22N4O4S. The first-order valence-corrected chi connectivity index (χ1v) is 9.12. The molecule has 23 heavy (non-hydrogen) atoms. The standard InChI is InChI=1S/C14H22N4O4S/c1-9-12-6-11(23(4,20)21)5-10(16-13(19)7-15-2)8-22-14(12)18(3)17-9/h6,10,15H,5,7-8H2,1-4H3,(H,16,19)/b11-6+. The zero-order valence-electron chi connectivity index (χ0n) is 13.7. The third-order valence-corrected chi connectivity index (χ3v) is 4.80. The molecule has 1 aliphatic heterocycles. The number of aryl methyl sites for hydroxylation is 2. The lowest BCUT2D eigenvalue weighted by Crippen LogP contribution is -2.43. The van der Waals surface area contributed by atoms with E-state index >= 15 is 0 Å². The molecule has 8 nitrogen and oxygen atoms in total. The molecule has 0 spiro atoms. The minimum Gasteiger partial charge on any atom is -0.475 e. The van der Waals surface area contributed by atoms with Gasteiger partial charge in [-0.1, -0.05) is 0 Å². The maximum absolute atomic E-state index is 12.1. The fourth-order valence-corrected chi connectivity index (χ4v) is 3.32. The third-order valence-electron chi connectivity index (χ3n) is 3.57. The lowest BCUT2D eigenvalue weighted by molar-refractivity contribution is -0.121. The van der Waals surface area contributed by atoms with Gasteiger partial charge in [-0.25, -0.2) is 13.1 Å². The minimum atomic E-state index is -3.40. The molecule has 0 fully saturated rings. The number of amides is 1. The van der Waals surface area contributed by atoms with E-state index in [9.17, 15) is 13.2 Å². The summed E-state index contributed by atoms with van der Waals surface area (Å²) in [6, 6.07) is -0.430. The first-order valence-electron chi connectivity index (χ1n) is 7.23. The van der Waals surface area contributed by atoms with Crippen LogP contribution in [0.4, 0.5) is 0 Å². The third kappa shape index (κ3) is 4.11. The van der Waals surface area contributed by atoms with Gasteiger partial charge in [-0.2, -0.15) is 5.10 Å². The van der Waals surface area contributed by atoms with Crippen molar-refractivity contribution >= 4 is 21.8 Å². The molecule has 1 unspecified atom stereocenters. The molecule has 1 atom stereocenters. The number of ether oxygens (including phenoxy) is 1. The van der Waals surface area contributed by atoms with E-state index in [2.05, 4.69) is 15.7 Å². The number of sulfone groups is 1. The number of fused-ring (bicyclic) bond motifs is 1. The maximum Gasteiger partial charge on any atom is 0.234 e. The molecule has 0 aliphatic carbocycles. The maximum atomic E-state index is 12.1. The average Bonchev–Trinajstić information content (AvgIpc) is 2.65. The summed E-state index contributed by atoms with van der Waals surface area (Å²) >= 11 is 0. The number of rotatable bonds is 4. The van der Waals surface area contributed by atoms with Crippen molar-refractivity contribution in [1.82, 2.24) is 20.4 Å². The molecule has 2 rings (SSSR count). The molecule has 0 aromatic carbocycles. The molecule has 1 amide bonds. The molecule has 0 saturated heterocycles. The molecular weight excluding hydrogens is 320 g/mol. The van der Waals surface area contributed by atoms with E-state index in [-0.39, 0.29) is 30.4 Å². The van der Waals surface area contributed by atoms with E-state index in [1.807, 2.05) is 0 Å². The van der Waals surface area contributed by atoms with E-state index in [0.717, 1.165) is 0 Å². The molecule has 128 valence electrons. The van der Waals surface area contributed by atoms with Crippen LogP contribution in [0.3, 0.4) is 0 Å². The second-order valence-electron chi connectivity index (χ2n) is 5.62. The number of nitrogens with one attached hydrogen (secondary N) is 2. The highest BCUT2D eigenvalue weighted by Gasteiger charge is 2.26. The van der Waals surface area contributed by atoms with Crippen molar-refractivity contribution in [2.75, 3.05) is 26.5 Å². The van der Waals surface area contributed by atoms with Gasteiger partial charge in [0.05, 0.1) is 23.8 Å². The van der Waals surface area contributed by atoms with E-state index in [0.29, 0.717) is 17.1 Å². The fourth-order valence-electron chi connectivity index (χ4n) is 2.48. The molecule has 2 N–H and O–H groups in total. The van der Waals surface area contributed by atoms with Crippen LogP contribution >= 0.6 is 0 Å². The number of likely N-dealkylation sites (N-methyl/N-ethyl adjacent to an activating group) is 1. The minimum absolute atomic E-state index is 0.157. The van der Waals surface area contributed by atoms with Gasteiger partial charge >= 0.3 is 0 Å². The largest absolute Gasteiger partial charge is 0.475 e. The van der Waals surface area contributed by atoms with E-state index in [4.69, 9.17) is 4.74 Å². The van der Waals surface area contributed by atoms with Gasteiger partial charge in [0.1, 0.15) is 6.61 Å². The molecule has 1 aliphatic rings. The van der Waals surface area contributed by atoms with Gasteiger partial charge in [-0.15, -0.1) is 0 Å². The number of hydrogen-bond donors (Lipinski definition) is 2. The summed E-state index contributed by atoms with van der Waals surface area (Å²) in [5.41, 5.74) is 1.36. The molecule has 1 aromatic rings. The Balaban J connectivity index is 2.38. The molecule has 9 heteroatoms. The van der Waals surface area contributed by atoms with Gasteiger partial charge < -0.3 is 15.4 Å². The van der Waals surface area contributed by atoms with Crippen LogP contribution in [0, 0.1) is 6.92 Å². The Bertz CT molecular complexity index is 736. The number of carbonyl (C=O) groups is 1. The molecule has 0 radical (unpaired) electrons. The molecule has 1 aromatic heterocycles. The predicted molar refractivity (Wildman–Crippen MR) is 86.7 cm³/mol. The van der Waals surface area contributed by atoms with Crippen LogP contribution in [0.1, 0.15) is 17.7 Å². The Morgan fingerprint density at radius 2 is 2.22 bits per heavy atom. The van der Waals surface area contributed by atoms with Crippen molar-refractivity contribution in [2.45, 2.75) is 19.4 Å². The van der Waals surface area contributed by atoms with Crippen molar-refractivity contribution in [3.8, 4) is 5.88 Å². The summed E-state index contributed by atoms with van der Waals surface area (Å²) in [4.78, 5) is 12.0. The normalized spacial score (nSPS) is 20.5. The Kier molecular flexibility index (Phi) is 5.10. The summed E-state index contributed by atoms with van der Waals surface area (Å²) in [7, 11) is 0.00450. The van der Waals surface area contributed by atoms with E-state index < -0.39 is 15.9 Å². The quantitative estimate of drug-likeness (QED) is 0.772. The van der Waals surface area contributed by atoms with Gasteiger partial charge in [0, 0.05) is 24.6 Å². The Hall–Kier alpha value is -1.87. The number of hydrogen-bond acceptors (Lipinski definition) is 6. The highest BCUT2D eigenvalue weighted by molar-refractivity contribution is 7.94. The lowest BCUT2D eigenvalue weighted by Gasteiger charge is -2.22. The predicted octanol–water partition coefficient (Wildman–Crippen LogP) is -0.399.